The monoisotopic (exact) mass is 571 g/mol. The van der Waals surface area contributed by atoms with Gasteiger partial charge in [-0.2, -0.15) is 5.06 Å². The number of amides is 4. The third-order valence-electron chi connectivity index (χ3n) is 6.02. The second-order valence-electron chi connectivity index (χ2n) is 8.67. The molecule has 12 nitrogen and oxygen atoms in total. The van der Waals surface area contributed by atoms with Gasteiger partial charge < -0.3 is 15.4 Å². The van der Waals surface area contributed by atoms with Crippen LogP contribution in [0.2, 0.25) is 0 Å². The van der Waals surface area contributed by atoms with Crippen molar-refractivity contribution in [2.45, 2.75) is 59.2 Å². The molecule has 3 atom stereocenters. The van der Waals surface area contributed by atoms with Gasteiger partial charge in [0.05, 0.1) is 17.5 Å². The summed E-state index contributed by atoms with van der Waals surface area (Å²) in [4.78, 5) is 31.4. The summed E-state index contributed by atoms with van der Waals surface area (Å²) in [5.41, 5.74) is 1.47. The van der Waals surface area contributed by atoms with E-state index in [0.717, 1.165) is 0 Å². The lowest BCUT2D eigenvalue weighted by molar-refractivity contribution is -0.0163. The van der Waals surface area contributed by atoms with Crippen molar-refractivity contribution in [2.75, 3.05) is 13.1 Å². The quantitative estimate of drug-likeness (QED) is 0.0681. The average molecular weight is 572 g/mol. The number of hydrogen-bond acceptors (Lipinski definition) is 7. The maximum absolute atomic E-state index is 13.3. The molecule has 3 unspecified atom stereocenters. The van der Waals surface area contributed by atoms with Gasteiger partial charge in [-0.05, 0) is 52.7 Å². The summed E-state index contributed by atoms with van der Waals surface area (Å²) in [6.45, 7) is 11.4. The van der Waals surface area contributed by atoms with E-state index in [1.54, 1.807) is 32.1 Å². The molecular weight excluding hydrogens is 533 g/mol. The summed E-state index contributed by atoms with van der Waals surface area (Å²) in [7, 11) is -0.130. The minimum Gasteiger partial charge on any atom is -0.409 e. The number of carbonyl (C=O) groups excluding carboxylic acids is 2. The molecule has 0 aromatic heterocycles. The minimum absolute atomic E-state index is 0.130. The molecule has 1 fully saturated rings. The Morgan fingerprint density at radius 3 is 2.83 bits per heavy atom. The molecule has 2 aliphatic rings. The Bertz CT molecular complexity index is 1170. The number of carbonyl (C=O) groups is 2. The normalized spacial score (nSPS) is 20.2. The molecule has 4 N–H and O–H groups in total. The van der Waals surface area contributed by atoms with Gasteiger partial charge in [0.1, 0.15) is 0 Å². The molecular formula is C27H38N7O5P. The van der Waals surface area contributed by atoms with Crippen molar-refractivity contribution < 1.29 is 24.6 Å². The van der Waals surface area contributed by atoms with E-state index in [1.165, 1.54) is 9.96 Å². The second-order valence-corrected chi connectivity index (χ2v) is 9.30. The van der Waals surface area contributed by atoms with Gasteiger partial charge in [0.25, 0.3) is 0 Å². The van der Waals surface area contributed by atoms with E-state index in [2.05, 4.69) is 34.0 Å². The van der Waals surface area contributed by atoms with E-state index in [-0.39, 0.29) is 26.9 Å². The van der Waals surface area contributed by atoms with E-state index in [9.17, 15) is 20.0 Å². The summed E-state index contributed by atoms with van der Waals surface area (Å²) in [6, 6.07) is -1.05. The molecule has 40 heavy (non-hydrogen) atoms. The first kappa shape index (κ1) is 32.3. The van der Waals surface area contributed by atoms with Crippen LogP contribution in [0.5, 0.6) is 0 Å². The fourth-order valence-corrected chi connectivity index (χ4v) is 4.40. The number of allylic oxidation sites excluding steroid dienone is 9. The summed E-state index contributed by atoms with van der Waals surface area (Å²) in [5, 5.41) is 31.3. The Morgan fingerprint density at radius 1 is 1.43 bits per heavy atom. The average Bonchev–Trinajstić information content (AvgIpc) is 3.35. The molecule has 13 heteroatoms. The van der Waals surface area contributed by atoms with E-state index < -0.39 is 12.2 Å². The van der Waals surface area contributed by atoms with Crippen molar-refractivity contribution in [3.05, 3.63) is 60.4 Å². The molecule has 2 rings (SSSR count). The number of aliphatic imine (C=N–C) groups is 1. The minimum atomic E-state index is -1.19. The molecule has 0 saturated carbocycles. The number of rotatable bonds is 12. The van der Waals surface area contributed by atoms with Gasteiger partial charge in [0.15, 0.2) is 15.1 Å². The number of nitrogens with one attached hydrogen (secondary N) is 2. The van der Waals surface area contributed by atoms with Crippen LogP contribution in [0.1, 0.15) is 47.0 Å². The molecule has 1 saturated heterocycles. The highest BCUT2D eigenvalue weighted by Gasteiger charge is 2.32. The first-order valence-corrected chi connectivity index (χ1v) is 13.8. The lowest BCUT2D eigenvalue weighted by Gasteiger charge is -2.28. The number of hydroxylamine groups is 4. The number of hydrogen-bond donors (Lipinski definition) is 4. The highest BCUT2D eigenvalue weighted by molar-refractivity contribution is 7.31. The summed E-state index contributed by atoms with van der Waals surface area (Å²) >= 11 is 0. The van der Waals surface area contributed by atoms with Crippen LogP contribution in [-0.2, 0) is 4.62 Å². The van der Waals surface area contributed by atoms with Crippen LogP contribution in [0.3, 0.4) is 0 Å². The molecule has 0 aromatic rings. The zero-order valence-corrected chi connectivity index (χ0v) is 24.3. The van der Waals surface area contributed by atoms with Gasteiger partial charge in [-0.15, -0.1) is 5.92 Å². The summed E-state index contributed by atoms with van der Waals surface area (Å²) in [6.07, 6.45) is 13.1. The van der Waals surface area contributed by atoms with Gasteiger partial charge in [0.2, 0.25) is 5.84 Å². The number of oxime groups is 1. The van der Waals surface area contributed by atoms with Crippen molar-refractivity contribution >= 4 is 32.6 Å². The van der Waals surface area contributed by atoms with Gasteiger partial charge in [-0.3, -0.25) is 15.3 Å². The summed E-state index contributed by atoms with van der Waals surface area (Å²) in [5.74, 6) is 5.37. The maximum atomic E-state index is 13.3. The predicted octanol–water partition coefficient (Wildman–Crippen LogP) is 4.45. The van der Waals surface area contributed by atoms with E-state index in [4.69, 9.17) is 9.62 Å². The molecule has 2 heterocycles. The molecule has 0 bridgehead atoms. The van der Waals surface area contributed by atoms with Gasteiger partial charge in [-0.25, -0.2) is 19.3 Å². The Hall–Kier alpha value is -3.91. The number of amidine groups is 1. The fraction of sp³-hybridized carbons (Fsp3) is 0.407. The third-order valence-corrected chi connectivity index (χ3v) is 6.62. The molecule has 0 radical (unpaired) electrons. The van der Waals surface area contributed by atoms with E-state index in [0.29, 0.717) is 54.4 Å². The Labute approximate surface area is 237 Å². The molecule has 2 aliphatic heterocycles. The van der Waals surface area contributed by atoms with Crippen LogP contribution in [0.15, 0.2) is 70.5 Å². The second kappa shape index (κ2) is 16.9. The van der Waals surface area contributed by atoms with Crippen LogP contribution in [-0.4, -0.2) is 74.3 Å². The van der Waals surface area contributed by atoms with Crippen molar-refractivity contribution in [1.82, 2.24) is 25.4 Å². The molecule has 4 amide bonds. The van der Waals surface area contributed by atoms with Crippen molar-refractivity contribution in [3.63, 3.8) is 0 Å². The maximum Gasteiger partial charge on any atom is 0.346 e. The predicted molar refractivity (Wildman–Crippen MR) is 157 cm³/mol. The largest absolute Gasteiger partial charge is 0.409 e. The van der Waals surface area contributed by atoms with Crippen LogP contribution >= 0.6 is 8.96 Å². The number of urea groups is 2. The van der Waals surface area contributed by atoms with Crippen LogP contribution in [0.25, 0.3) is 0 Å². The van der Waals surface area contributed by atoms with Crippen molar-refractivity contribution in [2.24, 2.45) is 10.1 Å². The fourth-order valence-electron chi connectivity index (χ4n) is 3.79. The van der Waals surface area contributed by atoms with Crippen LogP contribution < -0.4 is 10.4 Å². The van der Waals surface area contributed by atoms with Crippen LogP contribution in [0.4, 0.5) is 9.59 Å². The van der Waals surface area contributed by atoms with Crippen molar-refractivity contribution in [3.8, 4) is 11.8 Å². The Balaban J connectivity index is 2.30. The zero-order chi connectivity index (χ0) is 29.5. The molecule has 0 aromatic carbocycles. The summed E-state index contributed by atoms with van der Waals surface area (Å²) < 4.78 is 5.31. The number of nitrogens with zero attached hydrogens (tertiary/aromatic N) is 5. The highest BCUT2D eigenvalue weighted by Crippen LogP contribution is 2.23. The zero-order valence-electron chi connectivity index (χ0n) is 23.3. The highest BCUT2D eigenvalue weighted by atomic mass is 31.1. The molecule has 0 aliphatic carbocycles. The first-order chi connectivity index (χ1) is 19.3. The third kappa shape index (κ3) is 9.09. The van der Waals surface area contributed by atoms with Crippen molar-refractivity contribution in [1.29, 1.82) is 0 Å². The Morgan fingerprint density at radius 2 is 2.20 bits per heavy atom. The molecule has 216 valence electrons. The molecule has 0 spiro atoms. The van der Waals surface area contributed by atoms with Crippen LogP contribution in [0, 0.1) is 11.8 Å². The first-order valence-electron chi connectivity index (χ1n) is 12.9. The SMILES string of the molecule is C=C/C=C\C/C=C\CC1=NC(NC(=O)N(CC)CCC(C)N2OPNC2=O)/C(=N/O)N(O)C(C)=C1/C=C\C#CC. The lowest BCUT2D eigenvalue weighted by atomic mass is 10.0. The standard InChI is InChI=1S/C27H38N7O5P/c1-6-9-11-12-13-15-17-23-22(16-14-10-7-2)21(5)33(38)25(30-37)24(28-23)29-26(35)32(8-3)19-18-20(4)34-27(36)31-40-39-34/h6,9,11,13-16,20,24,37-38,40H,1,8,12,17-19H2,2-5H3,(H,29,35)(H,31,36)/b11-9-,15-13-,16-14-,30-25-. The van der Waals surface area contributed by atoms with E-state index in [1.807, 2.05) is 38.2 Å². The lowest BCUT2D eigenvalue weighted by Crippen LogP contribution is -2.51. The topological polar surface area (TPSA) is 142 Å². The smallest absolute Gasteiger partial charge is 0.346 e. The van der Waals surface area contributed by atoms with Gasteiger partial charge in [0, 0.05) is 25.1 Å². The Kier molecular flexibility index (Phi) is 13.7. The van der Waals surface area contributed by atoms with Gasteiger partial charge in [-0.1, -0.05) is 48.0 Å². The van der Waals surface area contributed by atoms with Gasteiger partial charge >= 0.3 is 12.1 Å². The van der Waals surface area contributed by atoms with E-state index >= 15 is 0 Å².